The molecule has 4 nitrogen and oxygen atoms in total. The van der Waals surface area contributed by atoms with Gasteiger partial charge in [-0.25, -0.2) is 5.84 Å². The number of hydrazine groups is 1. The fourth-order valence-electron chi connectivity index (χ4n) is 1.85. The highest BCUT2D eigenvalue weighted by Gasteiger charge is 2.25. The Morgan fingerprint density at radius 3 is 2.54 bits per heavy atom. The Morgan fingerprint density at radius 1 is 1.46 bits per heavy atom. The van der Waals surface area contributed by atoms with Crippen LogP contribution < -0.4 is 11.3 Å². The second kappa shape index (κ2) is 5.19. The molecule has 13 heavy (non-hydrogen) atoms. The maximum Gasteiger partial charge on any atom is 0.236 e. The van der Waals surface area contributed by atoms with E-state index in [1.165, 1.54) is 0 Å². The number of hydrogen-bond donors (Lipinski definition) is 2. The lowest BCUT2D eigenvalue weighted by molar-refractivity contribution is -0.127. The van der Waals surface area contributed by atoms with Crippen LogP contribution in [0.2, 0.25) is 0 Å². The van der Waals surface area contributed by atoms with Crippen LogP contribution in [-0.2, 0) is 9.53 Å². The Balaban J connectivity index is 2.26. The topological polar surface area (TPSA) is 64.3 Å². The highest BCUT2D eigenvalue weighted by Crippen LogP contribution is 2.25. The average Bonchev–Trinajstić information content (AvgIpc) is 2.18. The van der Waals surface area contributed by atoms with Gasteiger partial charge in [-0.1, -0.05) is 0 Å². The van der Waals surface area contributed by atoms with Crippen LogP contribution in [-0.4, -0.2) is 18.6 Å². The molecule has 0 aromatic heterocycles. The maximum absolute atomic E-state index is 11.2. The molecule has 0 saturated heterocycles. The van der Waals surface area contributed by atoms with Gasteiger partial charge in [-0.15, -0.1) is 0 Å². The number of carbonyl (C=O) groups excluding carboxylic acids is 1. The number of carbonyl (C=O) groups is 1. The van der Waals surface area contributed by atoms with Crippen LogP contribution >= 0.6 is 0 Å². The number of nitrogens with two attached hydrogens (primary N) is 1. The van der Waals surface area contributed by atoms with Crippen molar-refractivity contribution in [3.8, 4) is 0 Å². The third-order valence-electron chi connectivity index (χ3n) is 2.59. The summed E-state index contributed by atoms with van der Waals surface area (Å²) in [5.41, 5.74) is 2.20. The first-order valence-corrected chi connectivity index (χ1v) is 4.90. The SMILES string of the molecule is CCOC1CCC(C(=O)NN)CC1. The molecule has 1 saturated carbocycles. The van der Waals surface area contributed by atoms with Gasteiger partial charge in [0.25, 0.3) is 0 Å². The molecule has 0 atom stereocenters. The molecule has 1 amide bonds. The summed E-state index contributed by atoms with van der Waals surface area (Å²) < 4.78 is 5.48. The molecule has 4 heteroatoms. The zero-order valence-corrected chi connectivity index (χ0v) is 8.08. The van der Waals surface area contributed by atoms with Crippen LogP contribution in [0, 0.1) is 5.92 Å². The molecule has 0 radical (unpaired) electrons. The van der Waals surface area contributed by atoms with Crippen LogP contribution in [0.5, 0.6) is 0 Å². The van der Waals surface area contributed by atoms with Crippen LogP contribution in [0.3, 0.4) is 0 Å². The van der Waals surface area contributed by atoms with E-state index in [0.29, 0.717) is 6.10 Å². The minimum Gasteiger partial charge on any atom is -0.379 e. The monoisotopic (exact) mass is 186 g/mol. The lowest BCUT2D eigenvalue weighted by atomic mass is 9.87. The van der Waals surface area contributed by atoms with Crippen molar-refractivity contribution in [2.75, 3.05) is 6.61 Å². The van der Waals surface area contributed by atoms with Crippen LogP contribution in [0.25, 0.3) is 0 Å². The third kappa shape index (κ3) is 2.97. The molecule has 1 rings (SSSR count). The average molecular weight is 186 g/mol. The van der Waals surface area contributed by atoms with E-state index < -0.39 is 0 Å². The Kier molecular flexibility index (Phi) is 4.18. The second-order valence-electron chi connectivity index (χ2n) is 3.44. The van der Waals surface area contributed by atoms with Gasteiger partial charge in [0.15, 0.2) is 0 Å². The Bertz CT molecular complexity index is 165. The molecular weight excluding hydrogens is 168 g/mol. The van der Waals surface area contributed by atoms with E-state index in [9.17, 15) is 4.79 Å². The summed E-state index contributed by atoms with van der Waals surface area (Å²) in [6.07, 6.45) is 4.10. The lowest BCUT2D eigenvalue weighted by Crippen LogP contribution is -2.38. The predicted molar refractivity (Wildman–Crippen MR) is 49.7 cm³/mol. The smallest absolute Gasteiger partial charge is 0.236 e. The molecule has 0 aromatic carbocycles. The van der Waals surface area contributed by atoms with Crippen molar-refractivity contribution in [1.82, 2.24) is 5.43 Å². The van der Waals surface area contributed by atoms with Crippen molar-refractivity contribution < 1.29 is 9.53 Å². The van der Waals surface area contributed by atoms with E-state index in [1.54, 1.807) is 0 Å². The molecule has 0 aromatic rings. The zero-order chi connectivity index (χ0) is 9.68. The molecule has 1 fully saturated rings. The molecule has 1 aliphatic rings. The third-order valence-corrected chi connectivity index (χ3v) is 2.59. The zero-order valence-electron chi connectivity index (χ0n) is 8.08. The van der Waals surface area contributed by atoms with E-state index >= 15 is 0 Å². The molecule has 3 N–H and O–H groups in total. The van der Waals surface area contributed by atoms with Gasteiger partial charge in [-0.2, -0.15) is 0 Å². The largest absolute Gasteiger partial charge is 0.379 e. The summed E-state index contributed by atoms with van der Waals surface area (Å²) in [5.74, 6) is 5.13. The van der Waals surface area contributed by atoms with Gasteiger partial charge in [0.05, 0.1) is 6.10 Å². The van der Waals surface area contributed by atoms with Crippen LogP contribution in [0.15, 0.2) is 0 Å². The quantitative estimate of drug-likeness (QED) is 0.385. The molecule has 0 heterocycles. The fourth-order valence-corrected chi connectivity index (χ4v) is 1.85. The number of rotatable bonds is 3. The van der Waals surface area contributed by atoms with E-state index in [2.05, 4.69) is 5.43 Å². The Labute approximate surface area is 78.8 Å². The molecule has 1 aliphatic carbocycles. The molecule has 0 bridgehead atoms. The van der Waals surface area contributed by atoms with Gasteiger partial charge < -0.3 is 4.74 Å². The first-order chi connectivity index (χ1) is 6.27. The minimum absolute atomic E-state index is 0.0325. The van der Waals surface area contributed by atoms with Crippen molar-refractivity contribution in [2.24, 2.45) is 11.8 Å². The van der Waals surface area contributed by atoms with Gasteiger partial charge in [-0.05, 0) is 32.6 Å². The van der Waals surface area contributed by atoms with Gasteiger partial charge in [-0.3, -0.25) is 10.2 Å². The summed E-state index contributed by atoms with van der Waals surface area (Å²) in [4.78, 5) is 11.2. The summed E-state index contributed by atoms with van der Waals surface area (Å²) in [5, 5.41) is 0. The van der Waals surface area contributed by atoms with Crippen molar-refractivity contribution in [2.45, 2.75) is 38.7 Å². The highest BCUT2D eigenvalue weighted by atomic mass is 16.5. The Hall–Kier alpha value is -0.610. The van der Waals surface area contributed by atoms with Crippen molar-refractivity contribution in [1.29, 1.82) is 0 Å². The lowest BCUT2D eigenvalue weighted by Gasteiger charge is -2.26. The first kappa shape index (κ1) is 10.5. The summed E-state index contributed by atoms with van der Waals surface area (Å²) in [6, 6.07) is 0. The molecule has 76 valence electrons. The summed E-state index contributed by atoms with van der Waals surface area (Å²) in [7, 11) is 0. The second-order valence-corrected chi connectivity index (χ2v) is 3.44. The summed E-state index contributed by atoms with van der Waals surface area (Å²) >= 11 is 0. The number of hydrogen-bond acceptors (Lipinski definition) is 3. The number of nitrogens with one attached hydrogen (secondary N) is 1. The van der Waals surface area contributed by atoms with E-state index in [0.717, 1.165) is 32.3 Å². The fraction of sp³-hybridized carbons (Fsp3) is 0.889. The maximum atomic E-state index is 11.2. The van der Waals surface area contributed by atoms with Crippen LogP contribution in [0.4, 0.5) is 0 Å². The first-order valence-electron chi connectivity index (χ1n) is 4.90. The van der Waals surface area contributed by atoms with Gasteiger partial charge in [0, 0.05) is 12.5 Å². The highest BCUT2D eigenvalue weighted by molar-refractivity contribution is 5.77. The molecule has 0 spiro atoms. The number of ether oxygens (including phenoxy) is 1. The standard InChI is InChI=1S/C9H18N2O2/c1-2-13-8-5-3-7(4-6-8)9(12)11-10/h7-8H,2-6,10H2,1H3,(H,11,12). The Morgan fingerprint density at radius 2 is 2.08 bits per heavy atom. The normalized spacial score (nSPS) is 28.5. The molecule has 0 unspecified atom stereocenters. The van der Waals surface area contributed by atoms with Gasteiger partial charge in [0.2, 0.25) is 5.91 Å². The van der Waals surface area contributed by atoms with E-state index in [1.807, 2.05) is 6.92 Å². The number of amides is 1. The van der Waals surface area contributed by atoms with E-state index in [-0.39, 0.29) is 11.8 Å². The van der Waals surface area contributed by atoms with Gasteiger partial charge in [0.1, 0.15) is 0 Å². The molecule has 0 aliphatic heterocycles. The minimum atomic E-state index is -0.0325. The van der Waals surface area contributed by atoms with Crippen molar-refractivity contribution in [3.05, 3.63) is 0 Å². The molecular formula is C9H18N2O2. The van der Waals surface area contributed by atoms with E-state index in [4.69, 9.17) is 10.6 Å². The van der Waals surface area contributed by atoms with Gasteiger partial charge >= 0.3 is 0 Å². The van der Waals surface area contributed by atoms with Crippen molar-refractivity contribution >= 4 is 5.91 Å². The van der Waals surface area contributed by atoms with Crippen molar-refractivity contribution in [3.63, 3.8) is 0 Å². The predicted octanol–water partition coefficient (Wildman–Crippen LogP) is 0.572. The van der Waals surface area contributed by atoms with Crippen LogP contribution in [0.1, 0.15) is 32.6 Å². The summed E-state index contributed by atoms with van der Waals surface area (Å²) in [6.45, 7) is 2.76.